The SMILES string of the molecule is COc1cc(C(=O)O)c(S(=O)(=O)NC(C)(C)C)cc1OC. The van der Waals surface area contributed by atoms with Gasteiger partial charge in [0.1, 0.15) is 4.90 Å². The number of benzene rings is 1. The second kappa shape index (κ2) is 5.90. The average Bonchev–Trinajstić information content (AvgIpc) is 2.33. The average molecular weight is 317 g/mol. The van der Waals surface area contributed by atoms with Crippen LogP contribution in [0.2, 0.25) is 0 Å². The molecule has 0 aliphatic rings. The molecule has 0 saturated carbocycles. The fourth-order valence-corrected chi connectivity index (χ4v) is 3.32. The summed E-state index contributed by atoms with van der Waals surface area (Å²) in [4.78, 5) is 10.9. The Kier molecular flexibility index (Phi) is 4.85. The lowest BCUT2D eigenvalue weighted by atomic mass is 10.1. The molecule has 0 aliphatic carbocycles. The number of rotatable bonds is 5. The molecule has 1 aromatic carbocycles. The van der Waals surface area contributed by atoms with Crippen molar-refractivity contribution in [2.24, 2.45) is 0 Å². The van der Waals surface area contributed by atoms with E-state index in [1.54, 1.807) is 20.8 Å². The van der Waals surface area contributed by atoms with Crippen LogP contribution < -0.4 is 14.2 Å². The predicted octanol–water partition coefficient (Wildman–Crippen LogP) is 1.48. The number of carboxylic acids is 1. The van der Waals surface area contributed by atoms with Crippen molar-refractivity contribution >= 4 is 16.0 Å². The van der Waals surface area contributed by atoms with Crippen LogP contribution in [0.15, 0.2) is 17.0 Å². The molecule has 118 valence electrons. The third-order valence-corrected chi connectivity index (χ3v) is 4.24. The third kappa shape index (κ3) is 4.08. The minimum Gasteiger partial charge on any atom is -0.493 e. The van der Waals surface area contributed by atoms with Gasteiger partial charge in [0.05, 0.1) is 19.8 Å². The number of carbonyl (C=O) groups is 1. The number of sulfonamides is 1. The Labute approximate surface area is 123 Å². The van der Waals surface area contributed by atoms with E-state index in [0.717, 1.165) is 12.1 Å². The number of hydrogen-bond acceptors (Lipinski definition) is 5. The van der Waals surface area contributed by atoms with Crippen molar-refractivity contribution in [3.63, 3.8) is 0 Å². The molecule has 21 heavy (non-hydrogen) atoms. The zero-order chi connectivity index (χ0) is 16.4. The molecule has 0 saturated heterocycles. The zero-order valence-corrected chi connectivity index (χ0v) is 13.4. The van der Waals surface area contributed by atoms with E-state index in [0.29, 0.717) is 0 Å². The molecule has 1 aromatic rings. The second-order valence-electron chi connectivity index (χ2n) is 5.36. The van der Waals surface area contributed by atoms with E-state index in [1.165, 1.54) is 14.2 Å². The summed E-state index contributed by atoms with van der Waals surface area (Å²) in [5.74, 6) is -1.09. The molecule has 0 atom stereocenters. The molecular formula is C13H19NO6S. The predicted molar refractivity (Wildman–Crippen MR) is 76.6 cm³/mol. The topological polar surface area (TPSA) is 102 Å². The smallest absolute Gasteiger partial charge is 0.337 e. The maximum Gasteiger partial charge on any atom is 0.337 e. The van der Waals surface area contributed by atoms with Crippen molar-refractivity contribution in [3.05, 3.63) is 17.7 Å². The van der Waals surface area contributed by atoms with Gasteiger partial charge in [-0.2, -0.15) is 0 Å². The Morgan fingerprint density at radius 1 is 1.14 bits per heavy atom. The fourth-order valence-electron chi connectivity index (χ4n) is 1.71. The first-order valence-corrected chi connectivity index (χ1v) is 7.53. The van der Waals surface area contributed by atoms with Crippen molar-refractivity contribution in [2.45, 2.75) is 31.2 Å². The summed E-state index contributed by atoms with van der Waals surface area (Å²) >= 11 is 0. The van der Waals surface area contributed by atoms with Crippen LogP contribution in [0.1, 0.15) is 31.1 Å². The lowest BCUT2D eigenvalue weighted by molar-refractivity contribution is 0.0692. The highest BCUT2D eigenvalue weighted by Crippen LogP contribution is 2.33. The van der Waals surface area contributed by atoms with Crippen molar-refractivity contribution < 1.29 is 27.8 Å². The number of carboxylic acid groups (broad SMARTS) is 1. The van der Waals surface area contributed by atoms with Crippen LogP contribution in [-0.4, -0.2) is 39.3 Å². The Bertz CT molecular complexity index is 645. The molecule has 0 aliphatic heterocycles. The summed E-state index contributed by atoms with van der Waals surface area (Å²) in [5, 5.41) is 9.22. The van der Waals surface area contributed by atoms with Gasteiger partial charge in [-0.15, -0.1) is 0 Å². The Hall–Kier alpha value is -1.80. The maximum atomic E-state index is 12.4. The summed E-state index contributed by atoms with van der Waals surface area (Å²) < 4.78 is 37.2. The van der Waals surface area contributed by atoms with Crippen LogP contribution in [0.25, 0.3) is 0 Å². The summed E-state index contributed by atoms with van der Waals surface area (Å²) in [6.45, 7) is 4.98. The molecule has 0 amide bonds. The van der Waals surface area contributed by atoms with Gasteiger partial charge in [-0.05, 0) is 26.8 Å². The normalized spacial score (nSPS) is 12.0. The molecule has 8 heteroatoms. The van der Waals surface area contributed by atoms with Crippen LogP contribution in [0.5, 0.6) is 11.5 Å². The zero-order valence-electron chi connectivity index (χ0n) is 12.6. The maximum absolute atomic E-state index is 12.4. The molecule has 0 radical (unpaired) electrons. The lowest BCUT2D eigenvalue weighted by Gasteiger charge is -2.21. The standard InChI is InChI=1S/C13H19NO6S/c1-13(2,3)14-21(17,18)11-7-10(20-5)9(19-4)6-8(11)12(15)16/h6-7,14H,1-5H3,(H,15,16). The Morgan fingerprint density at radius 3 is 2.00 bits per heavy atom. The molecule has 0 heterocycles. The number of nitrogens with one attached hydrogen (secondary N) is 1. The number of hydrogen-bond donors (Lipinski definition) is 2. The minimum absolute atomic E-state index is 0.136. The lowest BCUT2D eigenvalue weighted by Crippen LogP contribution is -2.41. The van der Waals surface area contributed by atoms with Crippen LogP contribution in [-0.2, 0) is 10.0 Å². The van der Waals surface area contributed by atoms with Crippen LogP contribution in [0.3, 0.4) is 0 Å². The first-order chi connectivity index (χ1) is 9.51. The van der Waals surface area contributed by atoms with Crippen molar-refractivity contribution in [2.75, 3.05) is 14.2 Å². The van der Waals surface area contributed by atoms with E-state index in [4.69, 9.17) is 9.47 Å². The third-order valence-electron chi connectivity index (χ3n) is 2.45. The van der Waals surface area contributed by atoms with Crippen LogP contribution in [0, 0.1) is 0 Å². The highest BCUT2D eigenvalue weighted by atomic mass is 32.2. The highest BCUT2D eigenvalue weighted by Gasteiger charge is 2.29. The van der Waals surface area contributed by atoms with Gasteiger partial charge < -0.3 is 14.6 Å². The van der Waals surface area contributed by atoms with Gasteiger partial charge in [-0.25, -0.2) is 17.9 Å². The summed E-state index contributed by atoms with van der Waals surface area (Å²) in [5.41, 5.74) is -1.13. The summed E-state index contributed by atoms with van der Waals surface area (Å²) in [6, 6.07) is 2.26. The molecule has 1 rings (SSSR count). The van der Waals surface area contributed by atoms with Crippen molar-refractivity contribution in [1.82, 2.24) is 4.72 Å². The number of aromatic carboxylic acids is 1. The van der Waals surface area contributed by atoms with E-state index in [1.807, 2.05) is 0 Å². The number of ether oxygens (including phenoxy) is 2. The molecular weight excluding hydrogens is 298 g/mol. The molecule has 0 fully saturated rings. The van der Waals surface area contributed by atoms with Crippen molar-refractivity contribution in [1.29, 1.82) is 0 Å². The van der Waals surface area contributed by atoms with E-state index >= 15 is 0 Å². The van der Waals surface area contributed by atoms with Gasteiger partial charge in [0, 0.05) is 11.6 Å². The number of methoxy groups -OCH3 is 2. The highest BCUT2D eigenvalue weighted by molar-refractivity contribution is 7.89. The van der Waals surface area contributed by atoms with Gasteiger partial charge in [0.25, 0.3) is 0 Å². The van der Waals surface area contributed by atoms with E-state index < -0.39 is 21.5 Å². The van der Waals surface area contributed by atoms with E-state index in [-0.39, 0.29) is 22.0 Å². The Morgan fingerprint density at radius 2 is 1.62 bits per heavy atom. The second-order valence-corrected chi connectivity index (χ2v) is 7.01. The molecule has 2 N–H and O–H groups in total. The van der Waals surface area contributed by atoms with Crippen molar-refractivity contribution in [3.8, 4) is 11.5 Å². The first kappa shape index (κ1) is 17.3. The molecule has 7 nitrogen and oxygen atoms in total. The van der Waals surface area contributed by atoms with Gasteiger partial charge in [0.15, 0.2) is 11.5 Å². The van der Waals surface area contributed by atoms with Gasteiger partial charge in [-0.3, -0.25) is 0 Å². The fraction of sp³-hybridized carbons (Fsp3) is 0.462. The summed E-state index contributed by atoms with van der Waals surface area (Å²) in [7, 11) is -1.34. The monoisotopic (exact) mass is 317 g/mol. The molecule has 0 aromatic heterocycles. The van der Waals surface area contributed by atoms with Gasteiger partial charge in [0.2, 0.25) is 10.0 Å². The molecule has 0 spiro atoms. The Balaban J connectivity index is 3.57. The largest absolute Gasteiger partial charge is 0.493 e. The molecule has 0 unspecified atom stereocenters. The van der Waals surface area contributed by atoms with Gasteiger partial charge in [-0.1, -0.05) is 0 Å². The van der Waals surface area contributed by atoms with Crippen LogP contribution in [0.4, 0.5) is 0 Å². The van der Waals surface area contributed by atoms with E-state index in [9.17, 15) is 18.3 Å². The van der Waals surface area contributed by atoms with Crippen LogP contribution >= 0.6 is 0 Å². The van der Waals surface area contributed by atoms with E-state index in [2.05, 4.69) is 4.72 Å². The molecule has 0 bridgehead atoms. The van der Waals surface area contributed by atoms with Gasteiger partial charge >= 0.3 is 5.97 Å². The first-order valence-electron chi connectivity index (χ1n) is 6.05. The quantitative estimate of drug-likeness (QED) is 0.853. The summed E-state index contributed by atoms with van der Waals surface area (Å²) in [6.07, 6.45) is 0. The minimum atomic E-state index is -4.02.